The minimum absolute atomic E-state index is 0. The molecule has 0 aliphatic rings. The minimum Gasteiger partial charge on any atom is -0.668 e. The number of aryl methyl sites for hydroxylation is 1. The number of carbonyl (C=O) groups excluding carboxylic acids is 1. The first-order chi connectivity index (χ1) is 6.75. The van der Waals surface area contributed by atoms with Crippen LogP contribution in [0.5, 0.6) is 0 Å². The number of hydrogen-bond donors (Lipinski definition) is 1. The molecule has 0 atom stereocenters. The van der Waals surface area contributed by atoms with E-state index in [9.17, 15) is 8.42 Å². The molecule has 87 valence electrons. The molecule has 1 aromatic rings. The van der Waals surface area contributed by atoms with Crippen LogP contribution in [0.25, 0.3) is 5.73 Å². The van der Waals surface area contributed by atoms with Gasteiger partial charge in [-0.05, 0) is 11.8 Å². The number of nitrogens with two attached hydrogens (primary N) is 1. The van der Waals surface area contributed by atoms with Gasteiger partial charge >= 0.3 is 0 Å². The predicted octanol–water partition coefficient (Wildman–Crippen LogP) is 1.03. The maximum Gasteiger partial charge on any atom is 0.191 e. The molecule has 0 heterocycles. The van der Waals surface area contributed by atoms with Gasteiger partial charge in [0, 0.05) is 38.6 Å². The quantitative estimate of drug-likeness (QED) is 0.783. The summed E-state index contributed by atoms with van der Waals surface area (Å²) in [6.07, 6.45) is 0. The molecule has 16 heavy (non-hydrogen) atoms. The molecule has 0 unspecified atom stereocenters. The van der Waals surface area contributed by atoms with E-state index in [0.717, 1.165) is 0 Å². The van der Waals surface area contributed by atoms with Crippen LogP contribution < -0.4 is 5.14 Å². The zero-order chi connectivity index (χ0) is 12.1. The van der Waals surface area contributed by atoms with Gasteiger partial charge in [-0.3, -0.25) is 0 Å². The van der Waals surface area contributed by atoms with Crippen molar-refractivity contribution in [3.05, 3.63) is 35.6 Å². The second-order valence-corrected chi connectivity index (χ2v) is 4.32. The first-order valence-corrected chi connectivity index (χ1v) is 5.51. The maximum absolute atomic E-state index is 10.8. The third-order valence-corrected chi connectivity index (χ3v) is 2.39. The molecule has 0 spiro atoms. The van der Waals surface area contributed by atoms with Crippen molar-refractivity contribution in [2.45, 2.75) is 18.7 Å². The van der Waals surface area contributed by atoms with Crippen LogP contribution in [0, 0.1) is 13.0 Å². The molecule has 5 nitrogen and oxygen atoms in total. The van der Waals surface area contributed by atoms with Crippen molar-refractivity contribution in [2.24, 2.45) is 5.14 Å². The second kappa shape index (κ2) is 7.89. The fourth-order valence-corrected chi connectivity index (χ4v) is 1.55. The molecule has 0 fully saturated rings. The summed E-state index contributed by atoms with van der Waals surface area (Å²) in [6.45, 7) is 2.88. The summed E-state index contributed by atoms with van der Waals surface area (Å²) in [4.78, 5) is 9.25. The Morgan fingerprint density at radius 1 is 1.50 bits per heavy atom. The van der Waals surface area contributed by atoms with Crippen LogP contribution in [0.3, 0.4) is 0 Å². The van der Waals surface area contributed by atoms with Crippen LogP contribution in [-0.2, 0) is 47.5 Å². The Kier molecular flexibility index (Phi) is 8.92. The van der Waals surface area contributed by atoms with Crippen LogP contribution in [0.1, 0.15) is 12.5 Å². The Bertz CT molecular complexity index is 442. The Morgan fingerprint density at radius 2 is 1.94 bits per heavy atom. The van der Waals surface area contributed by atoms with Gasteiger partial charge in [-0.25, -0.2) is 13.6 Å². The number of hydrogen-bond acceptors (Lipinski definition) is 3. The molecule has 0 saturated carbocycles. The van der Waals surface area contributed by atoms with Crippen LogP contribution in [0.4, 0.5) is 0 Å². The fourth-order valence-electron chi connectivity index (χ4n) is 0.799. The number of rotatable bonds is 1. The van der Waals surface area contributed by atoms with Gasteiger partial charge in [0.1, 0.15) is 0 Å². The molecule has 3 N–H and O–H groups in total. The molecule has 1 radical (unpaired) electrons. The Hall–Kier alpha value is -0.296. The van der Waals surface area contributed by atoms with E-state index in [0.29, 0.717) is 5.56 Å². The van der Waals surface area contributed by atoms with Gasteiger partial charge in [-0.2, -0.15) is 24.3 Å². The van der Waals surface area contributed by atoms with Crippen molar-refractivity contribution in [3.63, 3.8) is 0 Å². The maximum atomic E-state index is 10.8. The van der Waals surface area contributed by atoms with E-state index in [4.69, 9.17) is 15.7 Å². The molecular formula is C9H12N2O3SY-2. The summed E-state index contributed by atoms with van der Waals surface area (Å²) in [5, 5.41) is 4.91. The molecular weight excluding hydrogens is 305 g/mol. The summed E-state index contributed by atoms with van der Waals surface area (Å²) >= 11 is 0. The smallest absolute Gasteiger partial charge is 0.191 e. The molecule has 1 aromatic carbocycles. The molecule has 0 aromatic heterocycles. The van der Waals surface area contributed by atoms with Crippen LogP contribution in [-0.4, -0.2) is 14.3 Å². The van der Waals surface area contributed by atoms with E-state index in [2.05, 4.69) is 6.07 Å². The minimum atomic E-state index is -3.56. The molecule has 1 rings (SSSR count). The second-order valence-electron chi connectivity index (χ2n) is 2.79. The van der Waals surface area contributed by atoms with Crippen LogP contribution in [0.15, 0.2) is 23.1 Å². The van der Waals surface area contributed by atoms with Crippen LogP contribution in [0.2, 0.25) is 0 Å². The Balaban J connectivity index is 0. The fraction of sp³-hybridized carbons (Fsp3) is 0.222. The molecule has 0 bridgehead atoms. The van der Waals surface area contributed by atoms with Gasteiger partial charge in [-0.15, -0.1) is 5.56 Å². The average Bonchev–Trinajstić information content (AvgIpc) is 2.01. The molecule has 7 heteroatoms. The molecule has 1 amide bonds. The first kappa shape index (κ1) is 18.1. The Morgan fingerprint density at radius 3 is 2.19 bits per heavy atom. The van der Waals surface area contributed by atoms with E-state index < -0.39 is 15.9 Å². The monoisotopic (exact) mass is 317 g/mol. The van der Waals surface area contributed by atoms with E-state index in [1.807, 2.05) is 0 Å². The van der Waals surface area contributed by atoms with Crippen molar-refractivity contribution in [1.82, 2.24) is 0 Å². The van der Waals surface area contributed by atoms with Crippen molar-refractivity contribution in [3.8, 4) is 0 Å². The van der Waals surface area contributed by atoms with Gasteiger partial charge in [0.25, 0.3) is 0 Å². The van der Waals surface area contributed by atoms with Gasteiger partial charge < -0.3 is 10.5 Å². The zero-order valence-corrected chi connectivity index (χ0v) is 12.7. The van der Waals surface area contributed by atoms with E-state index in [-0.39, 0.29) is 37.6 Å². The zero-order valence-electron chi connectivity index (χ0n) is 9.02. The predicted molar refractivity (Wildman–Crippen MR) is 56.4 cm³/mol. The average molecular weight is 317 g/mol. The summed E-state index contributed by atoms with van der Waals surface area (Å²) < 4.78 is 21.6. The Labute approximate surface area is 121 Å². The normalized spacial score (nSPS) is 9.44. The molecule has 0 aliphatic carbocycles. The number of benzene rings is 1. The SMILES string of the molecule is CC([NH-])=O.Cc1cc[c-]cc1S(N)(=O)=O.[Y]. The standard InChI is InChI=1S/C7H8NO2S.C2H5NO.Y/c1-6-4-2-3-5-7(6)11(8,9)10;1-2(3)4;/h2,4-5H,1H3,(H2,8,9,10);1H3,(H2,3,4);/q-1;;/p-1. The molecule has 0 saturated heterocycles. The van der Waals surface area contributed by atoms with Crippen molar-refractivity contribution in [2.75, 3.05) is 0 Å². The largest absolute Gasteiger partial charge is 0.668 e. The number of carbonyl (C=O) groups is 1. The van der Waals surface area contributed by atoms with E-state index >= 15 is 0 Å². The number of nitrogens with one attached hydrogen (secondary N) is 1. The van der Waals surface area contributed by atoms with Crippen molar-refractivity contribution in [1.29, 1.82) is 0 Å². The van der Waals surface area contributed by atoms with E-state index in [1.54, 1.807) is 19.1 Å². The van der Waals surface area contributed by atoms with Crippen LogP contribution >= 0.6 is 0 Å². The third kappa shape index (κ3) is 7.93. The van der Waals surface area contributed by atoms with Crippen molar-refractivity contribution < 1.29 is 45.9 Å². The van der Waals surface area contributed by atoms with Crippen molar-refractivity contribution >= 4 is 15.9 Å². The summed E-state index contributed by atoms with van der Waals surface area (Å²) in [6, 6.07) is 7.31. The number of primary sulfonamides is 1. The first-order valence-electron chi connectivity index (χ1n) is 3.97. The molecule has 0 aliphatic heterocycles. The summed E-state index contributed by atoms with van der Waals surface area (Å²) in [7, 11) is -3.56. The van der Waals surface area contributed by atoms with E-state index in [1.165, 1.54) is 13.0 Å². The number of amides is 1. The summed E-state index contributed by atoms with van der Waals surface area (Å²) in [5.74, 6) is -0.583. The third-order valence-electron chi connectivity index (χ3n) is 1.34. The van der Waals surface area contributed by atoms with Gasteiger partial charge in [0.15, 0.2) is 10.0 Å². The summed E-state index contributed by atoms with van der Waals surface area (Å²) in [5.41, 5.74) is 6.59. The van der Waals surface area contributed by atoms with Gasteiger partial charge in [-0.1, -0.05) is 6.92 Å². The topological polar surface area (TPSA) is 101 Å². The number of sulfonamides is 1. The van der Waals surface area contributed by atoms with Gasteiger partial charge in [0.05, 0.1) is 0 Å². The van der Waals surface area contributed by atoms with Gasteiger partial charge in [0.2, 0.25) is 0 Å².